The van der Waals surface area contributed by atoms with Crippen molar-refractivity contribution in [3.63, 3.8) is 0 Å². The summed E-state index contributed by atoms with van der Waals surface area (Å²) in [5, 5.41) is 9.61. The van der Waals surface area contributed by atoms with Gasteiger partial charge in [-0.2, -0.15) is 0 Å². The summed E-state index contributed by atoms with van der Waals surface area (Å²) in [5.74, 6) is -0.336. The molecule has 4 heteroatoms. The van der Waals surface area contributed by atoms with E-state index in [1.54, 1.807) is 12.3 Å². The minimum absolute atomic E-state index is 0.315. The Morgan fingerprint density at radius 3 is 1.71 bits per heavy atom. The highest BCUT2D eigenvalue weighted by molar-refractivity contribution is 5.91. The molecule has 0 spiro atoms. The quantitative estimate of drug-likeness (QED) is 0.320. The van der Waals surface area contributed by atoms with Crippen LogP contribution in [-0.4, -0.2) is 20.6 Å². The summed E-state index contributed by atoms with van der Waals surface area (Å²) in [6.07, 6.45) is 5.74. The maximum atomic E-state index is 11.7. The Bertz CT molecular complexity index is 1080. The van der Waals surface area contributed by atoms with E-state index in [0.717, 1.165) is 16.7 Å². The predicted octanol–water partition coefficient (Wildman–Crippen LogP) is 5.60. The zero-order chi connectivity index (χ0) is 21.7. The number of aliphatic carboxylic acids is 1. The third-order valence-corrected chi connectivity index (χ3v) is 5.56. The van der Waals surface area contributed by atoms with Crippen LogP contribution in [0.1, 0.15) is 35.9 Å². The molecule has 0 saturated carbocycles. The van der Waals surface area contributed by atoms with Crippen molar-refractivity contribution in [2.24, 2.45) is 0 Å². The first kappa shape index (κ1) is 20.4. The van der Waals surface area contributed by atoms with Crippen LogP contribution >= 0.6 is 0 Å². The van der Waals surface area contributed by atoms with E-state index in [2.05, 4.69) is 45.9 Å². The van der Waals surface area contributed by atoms with Crippen molar-refractivity contribution < 1.29 is 9.90 Å². The van der Waals surface area contributed by atoms with Gasteiger partial charge in [-0.15, -0.1) is 0 Å². The number of hydrogen-bond acceptors (Lipinski definition) is 2. The fourth-order valence-corrected chi connectivity index (χ4v) is 4.13. The number of carboxylic acid groups (broad SMARTS) is 1. The predicted molar refractivity (Wildman–Crippen MR) is 123 cm³/mol. The van der Waals surface area contributed by atoms with Crippen LogP contribution in [0.5, 0.6) is 0 Å². The van der Waals surface area contributed by atoms with Gasteiger partial charge < -0.3 is 9.67 Å². The highest BCUT2D eigenvalue weighted by atomic mass is 16.4. The highest BCUT2D eigenvalue weighted by Crippen LogP contribution is 2.41. The lowest BCUT2D eigenvalue weighted by Gasteiger charge is -2.38. The van der Waals surface area contributed by atoms with Crippen molar-refractivity contribution in [2.45, 2.75) is 18.9 Å². The molecular formula is C27H24N2O2. The number of nitrogens with zero attached hydrogens (tertiary/aromatic N) is 2. The Morgan fingerprint density at radius 2 is 1.32 bits per heavy atom. The zero-order valence-electron chi connectivity index (χ0n) is 17.3. The van der Waals surface area contributed by atoms with Gasteiger partial charge in [-0.3, -0.25) is 0 Å². The first-order chi connectivity index (χ1) is 15.2. The molecule has 3 aromatic carbocycles. The molecule has 0 atom stereocenters. The summed E-state index contributed by atoms with van der Waals surface area (Å²) < 4.78 is 2.08. The van der Waals surface area contributed by atoms with Crippen LogP contribution in [0.25, 0.3) is 6.08 Å². The minimum atomic E-state index is -0.929. The van der Waals surface area contributed by atoms with Gasteiger partial charge in [0.25, 0.3) is 0 Å². The molecule has 0 aliphatic heterocycles. The molecule has 1 N–H and O–H groups in total. The van der Waals surface area contributed by atoms with E-state index in [4.69, 9.17) is 0 Å². The van der Waals surface area contributed by atoms with Crippen molar-refractivity contribution in [3.8, 4) is 0 Å². The van der Waals surface area contributed by atoms with Crippen LogP contribution < -0.4 is 0 Å². The molecule has 31 heavy (non-hydrogen) atoms. The van der Waals surface area contributed by atoms with Gasteiger partial charge in [0.15, 0.2) is 0 Å². The average molecular weight is 409 g/mol. The summed E-state index contributed by atoms with van der Waals surface area (Å²) in [7, 11) is 0. The summed E-state index contributed by atoms with van der Waals surface area (Å²) in [4.78, 5) is 16.3. The maximum Gasteiger partial charge on any atom is 0.331 e. The lowest BCUT2D eigenvalue weighted by atomic mass is 9.76. The second-order valence-corrected chi connectivity index (χ2v) is 7.29. The van der Waals surface area contributed by atoms with Crippen LogP contribution in [0.15, 0.2) is 109 Å². The first-order valence-corrected chi connectivity index (χ1v) is 10.3. The van der Waals surface area contributed by atoms with Gasteiger partial charge in [-0.1, -0.05) is 97.9 Å². The van der Waals surface area contributed by atoms with Crippen LogP contribution in [0.4, 0.5) is 0 Å². The van der Waals surface area contributed by atoms with Gasteiger partial charge >= 0.3 is 5.97 Å². The van der Waals surface area contributed by atoms with Crippen LogP contribution in [0, 0.1) is 0 Å². The van der Waals surface area contributed by atoms with E-state index < -0.39 is 11.5 Å². The Labute approximate surface area is 182 Å². The van der Waals surface area contributed by atoms with Crippen LogP contribution in [-0.2, 0) is 10.3 Å². The zero-order valence-corrected chi connectivity index (χ0v) is 17.3. The molecule has 0 radical (unpaired) electrons. The topological polar surface area (TPSA) is 55.1 Å². The number of carboxylic acids is 1. The second-order valence-electron chi connectivity index (χ2n) is 7.29. The molecule has 1 heterocycles. The lowest BCUT2D eigenvalue weighted by molar-refractivity contribution is -0.132. The number of benzene rings is 3. The van der Waals surface area contributed by atoms with E-state index in [-0.39, 0.29) is 0 Å². The molecule has 1 aromatic heterocycles. The summed E-state index contributed by atoms with van der Waals surface area (Å²) in [6.45, 7) is 1.84. The first-order valence-electron chi connectivity index (χ1n) is 10.3. The summed E-state index contributed by atoms with van der Waals surface area (Å²) >= 11 is 0. The van der Waals surface area contributed by atoms with Crippen molar-refractivity contribution in [2.75, 3.05) is 0 Å². The average Bonchev–Trinajstić information content (AvgIpc) is 3.28. The fourth-order valence-electron chi connectivity index (χ4n) is 4.13. The van der Waals surface area contributed by atoms with Crippen molar-refractivity contribution in [1.29, 1.82) is 0 Å². The third-order valence-electron chi connectivity index (χ3n) is 5.56. The summed E-state index contributed by atoms with van der Waals surface area (Å²) in [6, 6.07) is 30.8. The molecule has 4 aromatic rings. The number of imidazole rings is 1. The Hall–Kier alpha value is -3.92. The van der Waals surface area contributed by atoms with Gasteiger partial charge in [0.2, 0.25) is 0 Å². The summed E-state index contributed by atoms with van der Waals surface area (Å²) in [5.41, 5.74) is 2.79. The van der Waals surface area contributed by atoms with Crippen LogP contribution in [0.2, 0.25) is 0 Å². The largest absolute Gasteiger partial charge is 0.478 e. The molecule has 4 rings (SSSR count). The monoisotopic (exact) mass is 408 g/mol. The number of carbonyl (C=O) groups is 1. The SMILES string of the molecule is CCC(=Cc1nccn1C(c1ccccc1)(c1ccccc1)c1ccccc1)C(=O)O. The standard InChI is InChI=1S/C27H24N2O2/c1-2-21(26(30)31)20-25-28-18-19-29(25)27(22-12-6-3-7-13-22,23-14-8-4-9-15-23)24-16-10-5-11-17-24/h3-20H,2H2,1H3,(H,30,31). The van der Waals surface area contributed by atoms with Gasteiger partial charge in [0, 0.05) is 18.0 Å². The highest BCUT2D eigenvalue weighted by Gasteiger charge is 2.39. The Kier molecular flexibility index (Phi) is 5.80. The van der Waals surface area contributed by atoms with Crippen LogP contribution in [0.3, 0.4) is 0 Å². The van der Waals surface area contributed by atoms with Crippen molar-refractivity contribution in [1.82, 2.24) is 9.55 Å². The fraction of sp³-hybridized carbons (Fsp3) is 0.111. The van der Waals surface area contributed by atoms with Gasteiger partial charge in [0.05, 0.1) is 0 Å². The minimum Gasteiger partial charge on any atom is -0.478 e. The Balaban J connectivity index is 2.11. The number of rotatable bonds is 7. The third kappa shape index (κ3) is 3.68. The van der Waals surface area contributed by atoms with E-state index in [0.29, 0.717) is 17.8 Å². The molecule has 0 bridgehead atoms. The maximum absolute atomic E-state index is 11.7. The van der Waals surface area contributed by atoms with Crippen molar-refractivity contribution >= 4 is 12.0 Å². The van der Waals surface area contributed by atoms with Crippen molar-refractivity contribution in [3.05, 3.63) is 131 Å². The molecule has 0 unspecified atom stereocenters. The molecule has 154 valence electrons. The lowest BCUT2D eigenvalue weighted by Crippen LogP contribution is -2.38. The molecule has 0 saturated heterocycles. The molecule has 0 amide bonds. The smallest absolute Gasteiger partial charge is 0.331 e. The normalized spacial score (nSPS) is 12.0. The second kappa shape index (κ2) is 8.84. The number of aromatic nitrogens is 2. The number of hydrogen-bond donors (Lipinski definition) is 1. The molecular weight excluding hydrogens is 384 g/mol. The molecule has 0 aliphatic rings. The molecule has 4 nitrogen and oxygen atoms in total. The van der Waals surface area contributed by atoms with Gasteiger partial charge in [-0.25, -0.2) is 9.78 Å². The van der Waals surface area contributed by atoms with E-state index in [9.17, 15) is 9.90 Å². The van der Waals surface area contributed by atoms with E-state index in [1.165, 1.54) is 0 Å². The molecule has 0 fully saturated rings. The van der Waals surface area contributed by atoms with E-state index >= 15 is 0 Å². The Morgan fingerprint density at radius 1 is 0.871 bits per heavy atom. The van der Waals surface area contributed by atoms with Gasteiger partial charge in [0.1, 0.15) is 11.4 Å². The van der Waals surface area contributed by atoms with E-state index in [1.807, 2.05) is 67.7 Å². The molecule has 0 aliphatic carbocycles. The van der Waals surface area contributed by atoms with Gasteiger partial charge in [-0.05, 0) is 29.2 Å².